The number of aromatic nitrogens is 1. The predicted molar refractivity (Wildman–Crippen MR) is 107 cm³/mol. The second-order valence-corrected chi connectivity index (χ2v) is 6.80. The van der Waals surface area contributed by atoms with E-state index >= 15 is 0 Å². The van der Waals surface area contributed by atoms with E-state index in [0.29, 0.717) is 0 Å². The first-order valence-corrected chi connectivity index (χ1v) is 9.20. The van der Waals surface area contributed by atoms with Gasteiger partial charge in [0, 0.05) is 36.0 Å². The predicted octanol–water partition coefficient (Wildman–Crippen LogP) is 4.43. The van der Waals surface area contributed by atoms with Crippen LogP contribution in [0.25, 0.3) is 10.9 Å². The summed E-state index contributed by atoms with van der Waals surface area (Å²) < 4.78 is 0. The Morgan fingerprint density at radius 2 is 2.00 bits per heavy atom. The first kappa shape index (κ1) is 16.6. The monoisotopic (exact) mass is 345 g/mol. The van der Waals surface area contributed by atoms with Gasteiger partial charge in [-0.1, -0.05) is 24.3 Å². The fraction of sp³-hybridized carbons (Fsp3) is 0.273. The van der Waals surface area contributed by atoms with Crippen LogP contribution >= 0.6 is 0 Å². The minimum atomic E-state index is -0.0435. The number of nitrogens with zero attached hydrogens (tertiary/aromatic N) is 2. The van der Waals surface area contributed by atoms with E-state index in [1.54, 1.807) is 0 Å². The van der Waals surface area contributed by atoms with Gasteiger partial charge in [0.25, 0.3) is 5.91 Å². The lowest BCUT2D eigenvalue weighted by Crippen LogP contribution is -2.18. The van der Waals surface area contributed by atoms with Crippen LogP contribution in [0.2, 0.25) is 0 Å². The van der Waals surface area contributed by atoms with E-state index in [0.717, 1.165) is 64.9 Å². The summed E-state index contributed by atoms with van der Waals surface area (Å²) in [6.45, 7) is 3.03. The molecule has 0 bridgehead atoms. The zero-order chi connectivity index (χ0) is 18.1. The molecule has 4 heteroatoms. The van der Waals surface area contributed by atoms with Gasteiger partial charge < -0.3 is 10.2 Å². The quantitative estimate of drug-likeness (QED) is 0.761. The molecule has 0 spiro atoms. The Balaban J connectivity index is 1.74. The molecule has 0 unspecified atom stereocenters. The Bertz CT molecular complexity index is 980. The number of nitrogens with one attached hydrogen (secondary N) is 1. The SMILES string of the molecule is CCN(C)c1cccc(NC(=O)c2c3c(nc4ccccc24)CCC3)c1. The van der Waals surface area contributed by atoms with Gasteiger partial charge in [-0.25, -0.2) is 0 Å². The fourth-order valence-corrected chi connectivity index (χ4v) is 3.67. The number of para-hydroxylation sites is 1. The van der Waals surface area contributed by atoms with E-state index in [1.165, 1.54) is 0 Å². The van der Waals surface area contributed by atoms with Gasteiger partial charge in [0.15, 0.2) is 0 Å². The molecule has 132 valence electrons. The van der Waals surface area contributed by atoms with Crippen molar-refractivity contribution in [2.45, 2.75) is 26.2 Å². The molecule has 1 N–H and O–H groups in total. The molecule has 1 aliphatic rings. The average Bonchev–Trinajstić information content (AvgIpc) is 3.13. The zero-order valence-electron chi connectivity index (χ0n) is 15.2. The number of fused-ring (bicyclic) bond motifs is 2. The van der Waals surface area contributed by atoms with Crippen molar-refractivity contribution in [3.05, 3.63) is 65.4 Å². The van der Waals surface area contributed by atoms with E-state index in [2.05, 4.69) is 23.2 Å². The lowest BCUT2D eigenvalue weighted by atomic mass is 10.0. The van der Waals surface area contributed by atoms with Gasteiger partial charge in [-0.3, -0.25) is 9.78 Å². The standard InChI is InChI=1S/C22H23N3O/c1-3-25(2)16-9-6-8-15(14-16)23-22(26)21-17-10-4-5-12-19(17)24-20-13-7-11-18(20)21/h4-6,8-10,12,14H,3,7,11,13H2,1-2H3,(H,23,26). The van der Waals surface area contributed by atoms with Crippen LogP contribution in [0.5, 0.6) is 0 Å². The Morgan fingerprint density at radius 1 is 1.15 bits per heavy atom. The van der Waals surface area contributed by atoms with Crippen molar-refractivity contribution < 1.29 is 4.79 Å². The van der Waals surface area contributed by atoms with Crippen molar-refractivity contribution in [3.63, 3.8) is 0 Å². The van der Waals surface area contributed by atoms with Crippen molar-refractivity contribution in [3.8, 4) is 0 Å². The molecule has 26 heavy (non-hydrogen) atoms. The maximum atomic E-state index is 13.2. The number of amides is 1. The molecular weight excluding hydrogens is 322 g/mol. The van der Waals surface area contributed by atoms with Gasteiger partial charge in [-0.15, -0.1) is 0 Å². The van der Waals surface area contributed by atoms with E-state index in [9.17, 15) is 4.79 Å². The molecule has 4 nitrogen and oxygen atoms in total. The van der Waals surface area contributed by atoms with Crippen molar-refractivity contribution in [2.24, 2.45) is 0 Å². The van der Waals surface area contributed by atoms with Crippen LogP contribution in [-0.2, 0) is 12.8 Å². The molecule has 1 aromatic heterocycles. The largest absolute Gasteiger partial charge is 0.375 e. The molecule has 1 heterocycles. The van der Waals surface area contributed by atoms with Gasteiger partial charge in [0.05, 0.1) is 11.1 Å². The molecule has 0 radical (unpaired) electrons. The topological polar surface area (TPSA) is 45.2 Å². The van der Waals surface area contributed by atoms with Gasteiger partial charge in [-0.2, -0.15) is 0 Å². The number of benzene rings is 2. The Hall–Kier alpha value is -2.88. The summed E-state index contributed by atoms with van der Waals surface area (Å²) in [5, 5.41) is 4.04. The summed E-state index contributed by atoms with van der Waals surface area (Å²) in [6.07, 6.45) is 2.95. The third-order valence-electron chi connectivity index (χ3n) is 5.17. The van der Waals surface area contributed by atoms with Crippen molar-refractivity contribution in [2.75, 3.05) is 23.8 Å². The molecule has 1 amide bonds. The lowest BCUT2D eigenvalue weighted by Gasteiger charge is -2.18. The van der Waals surface area contributed by atoms with E-state index < -0.39 is 0 Å². The maximum Gasteiger partial charge on any atom is 0.256 e. The molecular formula is C22H23N3O. The molecule has 0 atom stereocenters. The number of carbonyl (C=O) groups is 1. The van der Waals surface area contributed by atoms with Crippen molar-refractivity contribution in [1.82, 2.24) is 4.98 Å². The summed E-state index contributed by atoms with van der Waals surface area (Å²) in [4.78, 5) is 20.1. The Labute approximate surface area is 153 Å². The minimum Gasteiger partial charge on any atom is -0.375 e. The molecule has 4 rings (SSSR count). The maximum absolute atomic E-state index is 13.2. The molecule has 0 saturated heterocycles. The lowest BCUT2D eigenvalue weighted by molar-refractivity contribution is 0.102. The number of hydrogen-bond donors (Lipinski definition) is 1. The summed E-state index contributed by atoms with van der Waals surface area (Å²) in [6, 6.07) is 15.9. The number of pyridine rings is 1. The van der Waals surface area contributed by atoms with Gasteiger partial charge in [0.2, 0.25) is 0 Å². The van der Waals surface area contributed by atoms with Crippen LogP contribution in [-0.4, -0.2) is 24.5 Å². The van der Waals surface area contributed by atoms with E-state index in [-0.39, 0.29) is 5.91 Å². The summed E-state index contributed by atoms with van der Waals surface area (Å²) in [5.74, 6) is -0.0435. The second-order valence-electron chi connectivity index (χ2n) is 6.80. The van der Waals surface area contributed by atoms with Crippen LogP contribution in [0, 0.1) is 0 Å². The number of rotatable bonds is 4. The third-order valence-corrected chi connectivity index (χ3v) is 5.17. The van der Waals surface area contributed by atoms with Gasteiger partial charge in [-0.05, 0) is 56.0 Å². The molecule has 0 fully saturated rings. The third kappa shape index (κ3) is 2.92. The summed E-state index contributed by atoms with van der Waals surface area (Å²) >= 11 is 0. The molecule has 0 saturated carbocycles. The molecule has 3 aromatic rings. The number of aryl methyl sites for hydroxylation is 1. The summed E-state index contributed by atoms with van der Waals surface area (Å²) in [7, 11) is 2.05. The van der Waals surface area contributed by atoms with Crippen molar-refractivity contribution in [1.29, 1.82) is 0 Å². The fourth-order valence-electron chi connectivity index (χ4n) is 3.67. The minimum absolute atomic E-state index is 0.0435. The van der Waals surface area contributed by atoms with E-state index in [1.807, 2.05) is 49.5 Å². The Kier molecular flexibility index (Phi) is 4.33. The molecule has 1 aliphatic carbocycles. The zero-order valence-corrected chi connectivity index (χ0v) is 15.2. The highest BCUT2D eigenvalue weighted by Crippen LogP contribution is 2.30. The smallest absolute Gasteiger partial charge is 0.256 e. The number of anilines is 2. The summed E-state index contributed by atoms with van der Waals surface area (Å²) in [5.41, 5.74) is 5.79. The highest BCUT2D eigenvalue weighted by atomic mass is 16.1. The first-order valence-electron chi connectivity index (χ1n) is 9.20. The second kappa shape index (κ2) is 6.79. The highest BCUT2D eigenvalue weighted by molar-refractivity contribution is 6.13. The highest BCUT2D eigenvalue weighted by Gasteiger charge is 2.23. The van der Waals surface area contributed by atoms with Crippen LogP contribution in [0.1, 0.15) is 35.0 Å². The van der Waals surface area contributed by atoms with Crippen LogP contribution in [0.15, 0.2) is 48.5 Å². The van der Waals surface area contributed by atoms with Crippen LogP contribution < -0.4 is 10.2 Å². The van der Waals surface area contributed by atoms with Gasteiger partial charge >= 0.3 is 0 Å². The van der Waals surface area contributed by atoms with Crippen molar-refractivity contribution >= 4 is 28.2 Å². The average molecular weight is 345 g/mol. The normalized spacial score (nSPS) is 12.8. The molecule has 0 aliphatic heterocycles. The van der Waals surface area contributed by atoms with Crippen LogP contribution in [0.4, 0.5) is 11.4 Å². The van der Waals surface area contributed by atoms with Gasteiger partial charge in [0.1, 0.15) is 0 Å². The van der Waals surface area contributed by atoms with E-state index in [4.69, 9.17) is 4.98 Å². The first-order chi connectivity index (χ1) is 12.7. The number of hydrogen-bond acceptors (Lipinski definition) is 3. The van der Waals surface area contributed by atoms with Crippen LogP contribution in [0.3, 0.4) is 0 Å². The number of carbonyl (C=O) groups excluding carboxylic acids is 1. The molecule has 2 aromatic carbocycles. The Morgan fingerprint density at radius 3 is 2.85 bits per heavy atom.